The Bertz CT molecular complexity index is 1230. The molecule has 0 spiro atoms. The van der Waals surface area contributed by atoms with Crippen LogP contribution in [0.1, 0.15) is 22.6 Å². The number of anilines is 1. The number of amides is 2. The third-order valence-electron chi connectivity index (χ3n) is 5.76. The van der Waals surface area contributed by atoms with E-state index < -0.39 is 12.1 Å². The maximum Gasteiger partial charge on any atom is 0.263 e. The number of rotatable bonds is 4. The van der Waals surface area contributed by atoms with E-state index >= 15 is 0 Å². The van der Waals surface area contributed by atoms with E-state index in [-0.39, 0.29) is 18.4 Å². The molecule has 0 aliphatic carbocycles. The summed E-state index contributed by atoms with van der Waals surface area (Å²) < 4.78 is 5.37. The zero-order valence-electron chi connectivity index (χ0n) is 17.3. The highest BCUT2D eigenvalue weighted by Crippen LogP contribution is 2.33. The van der Waals surface area contributed by atoms with Gasteiger partial charge >= 0.3 is 0 Å². The first-order valence-electron chi connectivity index (χ1n) is 9.95. The van der Waals surface area contributed by atoms with Crippen LogP contribution in [-0.4, -0.2) is 39.0 Å². The minimum atomic E-state index is -0.868. The highest BCUT2D eigenvalue weighted by atomic mass is 16.5. The topological polar surface area (TPSA) is 104 Å². The van der Waals surface area contributed by atoms with Gasteiger partial charge in [0.25, 0.3) is 11.8 Å². The molecule has 0 N–H and O–H groups in total. The minimum Gasteiger partial charge on any atom is -0.337 e. The van der Waals surface area contributed by atoms with Crippen molar-refractivity contribution in [1.29, 1.82) is 0 Å². The van der Waals surface area contributed by atoms with Gasteiger partial charge in [-0.3, -0.25) is 14.6 Å². The number of imide groups is 1. The number of fused-ring (bicyclic) bond motifs is 1. The Kier molecular flexibility index (Phi) is 4.39. The van der Waals surface area contributed by atoms with Gasteiger partial charge in [-0.05, 0) is 49.6 Å². The Morgan fingerprint density at radius 1 is 0.968 bits per heavy atom. The number of hydrogen-bond acceptors (Lipinski definition) is 8. The van der Waals surface area contributed by atoms with Gasteiger partial charge in [0.1, 0.15) is 6.54 Å². The maximum absolute atomic E-state index is 13.1. The van der Waals surface area contributed by atoms with Crippen LogP contribution >= 0.6 is 0 Å². The summed E-state index contributed by atoms with van der Waals surface area (Å²) in [5.74, 6) is 0.0200. The van der Waals surface area contributed by atoms with Gasteiger partial charge < -0.3 is 4.52 Å². The highest BCUT2D eigenvalue weighted by Gasteiger charge is 2.55. The van der Waals surface area contributed by atoms with E-state index in [1.807, 2.05) is 57.2 Å². The van der Waals surface area contributed by atoms with Crippen LogP contribution in [0.5, 0.6) is 0 Å². The molecule has 2 amide bonds. The van der Waals surface area contributed by atoms with E-state index in [9.17, 15) is 9.59 Å². The van der Waals surface area contributed by atoms with Crippen LogP contribution in [0, 0.1) is 20.8 Å². The first-order chi connectivity index (χ1) is 14.9. The zero-order chi connectivity index (χ0) is 21.7. The Labute approximate surface area is 178 Å². The van der Waals surface area contributed by atoms with Crippen LogP contribution in [0.15, 0.2) is 57.3 Å². The summed E-state index contributed by atoms with van der Waals surface area (Å²) in [6.45, 7) is 5.98. The van der Waals surface area contributed by atoms with Crippen LogP contribution in [0.4, 0.5) is 5.69 Å². The predicted octanol–water partition coefficient (Wildman–Crippen LogP) is 3.16. The minimum absolute atomic E-state index is 0.0866. The van der Waals surface area contributed by atoms with Gasteiger partial charge in [-0.25, -0.2) is 4.90 Å². The molecule has 9 nitrogen and oxygen atoms in total. The SMILES string of the molecule is Cc1ccc(N2C(=O)C3N=NN(Cc4nc(-c5ccccc5C)no4)C3C2=O)cc1C. The van der Waals surface area contributed by atoms with Crippen molar-refractivity contribution in [2.75, 3.05) is 4.90 Å². The van der Waals surface area contributed by atoms with Crippen molar-refractivity contribution in [2.45, 2.75) is 39.4 Å². The van der Waals surface area contributed by atoms with Gasteiger partial charge in [-0.15, -0.1) is 0 Å². The van der Waals surface area contributed by atoms with Crippen molar-refractivity contribution >= 4 is 17.5 Å². The normalized spacial score (nSPS) is 20.1. The second-order valence-electron chi connectivity index (χ2n) is 7.80. The van der Waals surface area contributed by atoms with E-state index in [1.54, 1.807) is 6.07 Å². The second kappa shape index (κ2) is 7.12. The standard InChI is InChI=1S/C22H20N6O3/c1-12-8-9-15(10-14(12)3)28-21(29)18-19(22(28)30)27(26-24-18)11-17-23-20(25-31-17)16-7-5-4-6-13(16)2/h4-10,18-19H,11H2,1-3H3. The fourth-order valence-electron chi connectivity index (χ4n) is 3.86. The number of nitrogens with zero attached hydrogens (tertiary/aromatic N) is 6. The molecule has 1 saturated heterocycles. The van der Waals surface area contributed by atoms with E-state index in [2.05, 4.69) is 20.5 Å². The largest absolute Gasteiger partial charge is 0.337 e. The highest BCUT2D eigenvalue weighted by molar-refractivity contribution is 6.25. The molecule has 9 heteroatoms. The molecular formula is C22H20N6O3. The van der Waals surface area contributed by atoms with Crippen molar-refractivity contribution in [1.82, 2.24) is 15.1 Å². The molecular weight excluding hydrogens is 396 g/mol. The predicted molar refractivity (Wildman–Crippen MR) is 111 cm³/mol. The lowest BCUT2D eigenvalue weighted by Crippen LogP contribution is -2.39. The molecule has 2 unspecified atom stereocenters. The fraction of sp³-hybridized carbons (Fsp3) is 0.273. The van der Waals surface area contributed by atoms with Gasteiger partial charge in [-0.2, -0.15) is 10.1 Å². The van der Waals surface area contributed by atoms with Crippen molar-refractivity contribution in [3.05, 3.63) is 65.0 Å². The third kappa shape index (κ3) is 3.09. The summed E-state index contributed by atoms with van der Waals surface area (Å²) in [4.78, 5) is 31.7. The molecule has 156 valence electrons. The van der Waals surface area contributed by atoms with Crippen LogP contribution in [-0.2, 0) is 16.1 Å². The summed E-state index contributed by atoms with van der Waals surface area (Å²) in [6, 6.07) is 11.5. The summed E-state index contributed by atoms with van der Waals surface area (Å²) in [6.07, 6.45) is 0. The van der Waals surface area contributed by atoms with Gasteiger partial charge in [0.05, 0.1) is 5.69 Å². The fourth-order valence-corrected chi connectivity index (χ4v) is 3.86. The smallest absolute Gasteiger partial charge is 0.263 e. The first-order valence-corrected chi connectivity index (χ1v) is 9.95. The van der Waals surface area contributed by atoms with Gasteiger partial charge in [0, 0.05) is 5.56 Å². The lowest BCUT2D eigenvalue weighted by Gasteiger charge is -2.19. The number of aryl methyl sites for hydroxylation is 3. The Morgan fingerprint density at radius 3 is 2.55 bits per heavy atom. The molecule has 2 aliphatic rings. The molecule has 3 heterocycles. The monoisotopic (exact) mass is 416 g/mol. The Balaban J connectivity index is 1.38. The molecule has 2 aliphatic heterocycles. The van der Waals surface area contributed by atoms with Crippen LogP contribution in [0.2, 0.25) is 0 Å². The maximum atomic E-state index is 13.1. The van der Waals surface area contributed by atoms with Crippen molar-refractivity contribution in [2.24, 2.45) is 10.3 Å². The van der Waals surface area contributed by atoms with Crippen molar-refractivity contribution in [3.8, 4) is 11.4 Å². The molecule has 0 radical (unpaired) electrons. The number of carbonyl (C=O) groups is 2. The van der Waals surface area contributed by atoms with E-state index in [0.29, 0.717) is 17.4 Å². The molecule has 0 bridgehead atoms. The quantitative estimate of drug-likeness (QED) is 0.605. The van der Waals surface area contributed by atoms with Gasteiger partial charge in [0.15, 0.2) is 12.1 Å². The van der Waals surface area contributed by atoms with E-state index in [0.717, 1.165) is 22.3 Å². The second-order valence-corrected chi connectivity index (χ2v) is 7.80. The first kappa shape index (κ1) is 19.1. The summed E-state index contributed by atoms with van der Waals surface area (Å²) in [5.41, 5.74) is 4.53. The van der Waals surface area contributed by atoms with Crippen molar-refractivity contribution < 1.29 is 14.1 Å². The lowest BCUT2D eigenvalue weighted by atomic mass is 10.1. The molecule has 2 aromatic carbocycles. The van der Waals surface area contributed by atoms with Gasteiger partial charge in [-0.1, -0.05) is 40.7 Å². The Morgan fingerprint density at radius 2 is 1.77 bits per heavy atom. The third-order valence-corrected chi connectivity index (χ3v) is 5.76. The molecule has 0 saturated carbocycles. The summed E-state index contributed by atoms with van der Waals surface area (Å²) in [5, 5.41) is 13.6. The molecule has 3 aromatic rings. The van der Waals surface area contributed by atoms with E-state index in [1.165, 1.54) is 9.91 Å². The molecule has 31 heavy (non-hydrogen) atoms. The van der Waals surface area contributed by atoms with Crippen LogP contribution in [0.3, 0.4) is 0 Å². The lowest BCUT2D eigenvalue weighted by molar-refractivity contribution is -0.123. The summed E-state index contributed by atoms with van der Waals surface area (Å²) >= 11 is 0. The van der Waals surface area contributed by atoms with Crippen molar-refractivity contribution in [3.63, 3.8) is 0 Å². The molecule has 1 aromatic heterocycles. The molecule has 1 fully saturated rings. The zero-order valence-corrected chi connectivity index (χ0v) is 17.3. The van der Waals surface area contributed by atoms with E-state index in [4.69, 9.17) is 4.52 Å². The van der Waals surface area contributed by atoms with Crippen LogP contribution < -0.4 is 4.90 Å². The Hall–Kier alpha value is -3.88. The van der Waals surface area contributed by atoms with Crippen LogP contribution in [0.25, 0.3) is 11.4 Å². The molecule has 2 atom stereocenters. The number of benzene rings is 2. The number of aromatic nitrogens is 2. The molecule has 5 rings (SSSR count). The number of hydrogen-bond donors (Lipinski definition) is 0. The average molecular weight is 416 g/mol. The average Bonchev–Trinajstić information content (AvgIpc) is 3.43. The van der Waals surface area contributed by atoms with Gasteiger partial charge in [0.2, 0.25) is 11.7 Å². The number of carbonyl (C=O) groups excluding carboxylic acids is 2. The summed E-state index contributed by atoms with van der Waals surface area (Å²) in [7, 11) is 0.